The molecule has 2 aromatic heterocycles. The van der Waals surface area contributed by atoms with Gasteiger partial charge in [0.15, 0.2) is 0 Å². The third kappa shape index (κ3) is 5.86. The molecule has 0 spiro atoms. The summed E-state index contributed by atoms with van der Waals surface area (Å²) in [7, 11) is 0. The Morgan fingerprint density at radius 1 is 1.09 bits per heavy atom. The van der Waals surface area contributed by atoms with Crippen molar-refractivity contribution < 1.29 is 4.79 Å². The van der Waals surface area contributed by atoms with Crippen molar-refractivity contribution in [1.82, 2.24) is 14.8 Å². The molecular weight excluding hydrogens is 414 g/mol. The van der Waals surface area contributed by atoms with E-state index >= 15 is 0 Å². The molecule has 3 heterocycles. The lowest BCUT2D eigenvalue weighted by Gasteiger charge is -2.32. The number of aromatic nitrogens is 3. The normalized spacial score (nSPS) is 14.3. The lowest BCUT2D eigenvalue weighted by molar-refractivity contribution is -0.120. The summed E-state index contributed by atoms with van der Waals surface area (Å²) >= 11 is 0. The lowest BCUT2D eigenvalue weighted by atomic mass is 9.95. The summed E-state index contributed by atoms with van der Waals surface area (Å²) in [5, 5.41) is 7.44. The predicted octanol–water partition coefficient (Wildman–Crippen LogP) is 3.69. The zero-order valence-electron chi connectivity index (χ0n) is 19.1. The Morgan fingerprint density at radius 3 is 2.61 bits per heavy atom. The summed E-state index contributed by atoms with van der Waals surface area (Å²) in [6.45, 7) is 4.12. The second-order valence-corrected chi connectivity index (χ2v) is 8.50. The van der Waals surface area contributed by atoms with E-state index in [4.69, 9.17) is 0 Å². The number of aryl methyl sites for hydroxylation is 3. The van der Waals surface area contributed by atoms with Crippen molar-refractivity contribution in [3.05, 3.63) is 82.5 Å². The van der Waals surface area contributed by atoms with Gasteiger partial charge in [0.05, 0.1) is 11.9 Å². The van der Waals surface area contributed by atoms with Gasteiger partial charge in [-0.25, -0.2) is 4.68 Å². The van der Waals surface area contributed by atoms with Crippen molar-refractivity contribution in [1.29, 1.82) is 0 Å². The average Bonchev–Trinajstić information content (AvgIpc) is 2.85. The molecule has 0 aliphatic carbocycles. The molecule has 0 bridgehead atoms. The maximum atomic E-state index is 13.0. The molecule has 0 radical (unpaired) electrons. The van der Waals surface area contributed by atoms with Crippen molar-refractivity contribution in [2.24, 2.45) is 5.92 Å². The van der Waals surface area contributed by atoms with Gasteiger partial charge < -0.3 is 10.2 Å². The highest BCUT2D eigenvalue weighted by Gasteiger charge is 2.26. The highest BCUT2D eigenvalue weighted by molar-refractivity contribution is 5.93. The van der Waals surface area contributed by atoms with E-state index in [9.17, 15) is 9.59 Å². The Hall–Kier alpha value is -3.48. The number of hydrogen-bond donors (Lipinski definition) is 1. The molecule has 7 nitrogen and oxygen atoms in total. The van der Waals surface area contributed by atoms with Crippen LogP contribution in [0.15, 0.2) is 65.7 Å². The zero-order chi connectivity index (χ0) is 23.0. The number of hydrogen-bond acceptors (Lipinski definition) is 5. The Morgan fingerprint density at radius 2 is 1.88 bits per heavy atom. The van der Waals surface area contributed by atoms with E-state index in [1.807, 2.05) is 49.5 Å². The molecule has 1 aromatic carbocycles. The number of benzene rings is 1. The molecular formula is C26H31N5O2. The molecule has 3 aromatic rings. The van der Waals surface area contributed by atoms with Crippen molar-refractivity contribution >= 4 is 17.3 Å². The summed E-state index contributed by atoms with van der Waals surface area (Å²) in [6, 6.07) is 15.6. The van der Waals surface area contributed by atoms with Gasteiger partial charge in [-0.2, -0.15) is 5.10 Å². The molecule has 1 aliphatic rings. The van der Waals surface area contributed by atoms with Crippen LogP contribution in [-0.4, -0.2) is 33.8 Å². The number of pyridine rings is 1. The minimum absolute atomic E-state index is 0.0430. The molecule has 1 fully saturated rings. The van der Waals surface area contributed by atoms with E-state index in [1.165, 1.54) is 4.68 Å². The molecule has 0 atom stereocenters. The van der Waals surface area contributed by atoms with Crippen LogP contribution in [0.25, 0.3) is 0 Å². The predicted molar refractivity (Wildman–Crippen MR) is 130 cm³/mol. The van der Waals surface area contributed by atoms with Gasteiger partial charge >= 0.3 is 0 Å². The second kappa shape index (κ2) is 10.9. The molecule has 1 amide bonds. The second-order valence-electron chi connectivity index (χ2n) is 8.50. The van der Waals surface area contributed by atoms with E-state index in [1.54, 1.807) is 12.3 Å². The number of para-hydroxylation sites is 1. The first kappa shape index (κ1) is 22.7. The third-order valence-electron chi connectivity index (χ3n) is 6.17. The fourth-order valence-electron chi connectivity index (χ4n) is 4.28. The fraction of sp³-hybridized carbons (Fsp3) is 0.385. The molecule has 1 saturated heterocycles. The molecule has 172 valence electrons. The number of nitrogens with zero attached hydrogens (tertiary/aromatic N) is 4. The van der Waals surface area contributed by atoms with Crippen molar-refractivity contribution in [2.75, 3.05) is 23.3 Å². The van der Waals surface area contributed by atoms with E-state index in [0.29, 0.717) is 6.54 Å². The first-order valence-corrected chi connectivity index (χ1v) is 11.7. The van der Waals surface area contributed by atoms with E-state index in [-0.39, 0.29) is 17.4 Å². The first-order valence-electron chi connectivity index (χ1n) is 11.7. The highest BCUT2D eigenvalue weighted by Crippen LogP contribution is 2.24. The number of anilines is 2. The monoisotopic (exact) mass is 445 g/mol. The van der Waals surface area contributed by atoms with Crippen LogP contribution >= 0.6 is 0 Å². The molecule has 1 N–H and O–H groups in total. The maximum Gasteiger partial charge on any atom is 0.268 e. The summed E-state index contributed by atoms with van der Waals surface area (Å²) in [5.41, 5.74) is 3.81. The third-order valence-corrected chi connectivity index (χ3v) is 6.17. The van der Waals surface area contributed by atoms with Gasteiger partial charge in [-0.1, -0.05) is 31.2 Å². The number of carbonyl (C=O) groups excluding carboxylic acids is 1. The van der Waals surface area contributed by atoms with Gasteiger partial charge in [0, 0.05) is 49.2 Å². The molecule has 7 heteroatoms. The van der Waals surface area contributed by atoms with E-state index < -0.39 is 0 Å². The topological polar surface area (TPSA) is 80.1 Å². The van der Waals surface area contributed by atoms with Crippen LogP contribution in [0.2, 0.25) is 0 Å². The van der Waals surface area contributed by atoms with Crippen molar-refractivity contribution in [3.63, 3.8) is 0 Å². The molecule has 4 rings (SSSR count). The van der Waals surface area contributed by atoms with Gasteiger partial charge in [0.2, 0.25) is 5.91 Å². The number of carbonyl (C=O) groups is 1. The molecule has 0 saturated carbocycles. The largest absolute Gasteiger partial charge is 0.370 e. The van der Waals surface area contributed by atoms with E-state index in [2.05, 4.69) is 26.4 Å². The molecule has 33 heavy (non-hydrogen) atoms. The fourth-order valence-corrected chi connectivity index (χ4v) is 4.28. The summed E-state index contributed by atoms with van der Waals surface area (Å²) in [6.07, 6.45) is 7.59. The Bertz CT molecular complexity index is 1120. The first-order chi connectivity index (χ1) is 16.1. The summed E-state index contributed by atoms with van der Waals surface area (Å²) in [4.78, 5) is 31.8. The number of rotatable bonds is 8. The minimum atomic E-state index is -0.0727. The highest BCUT2D eigenvalue weighted by atomic mass is 16.2. The minimum Gasteiger partial charge on any atom is -0.370 e. The Kier molecular flexibility index (Phi) is 7.50. The van der Waals surface area contributed by atoms with Crippen molar-refractivity contribution in [3.8, 4) is 0 Å². The summed E-state index contributed by atoms with van der Waals surface area (Å²) in [5.74, 6) is 0.0231. The van der Waals surface area contributed by atoms with Crippen molar-refractivity contribution in [2.45, 2.75) is 45.6 Å². The van der Waals surface area contributed by atoms with Crippen LogP contribution in [-0.2, 0) is 24.2 Å². The average molecular weight is 446 g/mol. The van der Waals surface area contributed by atoms with Gasteiger partial charge in [-0.15, -0.1) is 0 Å². The van der Waals surface area contributed by atoms with Gasteiger partial charge in [-0.05, 0) is 55.9 Å². The number of nitrogens with one attached hydrogen (secondary N) is 1. The zero-order valence-corrected chi connectivity index (χ0v) is 19.1. The molecule has 0 unspecified atom stereocenters. The smallest absolute Gasteiger partial charge is 0.268 e. The van der Waals surface area contributed by atoms with Gasteiger partial charge in [0.25, 0.3) is 5.56 Å². The van der Waals surface area contributed by atoms with Crippen LogP contribution in [0.3, 0.4) is 0 Å². The Labute approximate surface area is 194 Å². The summed E-state index contributed by atoms with van der Waals surface area (Å²) < 4.78 is 1.50. The Balaban J connectivity index is 1.33. The maximum absolute atomic E-state index is 13.0. The van der Waals surface area contributed by atoms with E-state index in [0.717, 1.165) is 67.8 Å². The van der Waals surface area contributed by atoms with Crippen LogP contribution < -0.4 is 15.8 Å². The van der Waals surface area contributed by atoms with Crippen LogP contribution in [0.4, 0.5) is 11.4 Å². The van der Waals surface area contributed by atoms with Crippen LogP contribution in [0.5, 0.6) is 0 Å². The number of amides is 1. The van der Waals surface area contributed by atoms with Crippen LogP contribution in [0.1, 0.15) is 37.4 Å². The van der Waals surface area contributed by atoms with Gasteiger partial charge in [-0.3, -0.25) is 14.6 Å². The quantitative estimate of drug-likeness (QED) is 0.572. The standard InChI is InChI=1S/C26H31N5O2/c1-2-15-31-25(32)18-23(19-28-31)30-16-12-21(13-17-30)26(33)29-24-9-4-3-7-20(24)10-11-22-8-5-6-14-27-22/h3-9,14,18-19,21H,2,10-13,15-17H2,1H3,(H,29,33). The number of piperidine rings is 1. The lowest BCUT2D eigenvalue weighted by Crippen LogP contribution is -2.39. The molecule has 1 aliphatic heterocycles. The van der Waals surface area contributed by atoms with Crippen LogP contribution in [0, 0.1) is 5.92 Å². The SMILES string of the molecule is CCCn1ncc(N2CCC(C(=O)Nc3ccccc3CCc3ccccn3)CC2)cc1=O. The van der Waals surface area contributed by atoms with Gasteiger partial charge in [0.1, 0.15) is 0 Å².